The van der Waals surface area contributed by atoms with Gasteiger partial charge in [0.05, 0.1) is 5.57 Å². The lowest BCUT2D eigenvalue weighted by molar-refractivity contribution is -0.115. The number of primary amides is 1. The average molecular weight is 274 g/mol. The van der Waals surface area contributed by atoms with E-state index in [1.165, 1.54) is 10.7 Å². The highest BCUT2D eigenvalue weighted by Crippen LogP contribution is 2.34. The molecule has 1 atom stereocenters. The van der Waals surface area contributed by atoms with E-state index in [2.05, 4.69) is 20.8 Å². The van der Waals surface area contributed by atoms with Gasteiger partial charge in [0.25, 0.3) is 0 Å². The van der Waals surface area contributed by atoms with Gasteiger partial charge in [-0.2, -0.15) is 4.68 Å². The van der Waals surface area contributed by atoms with Crippen LogP contribution in [0.5, 0.6) is 0 Å². The van der Waals surface area contributed by atoms with E-state index in [0.717, 1.165) is 0 Å². The maximum atomic E-state index is 14.1. The van der Waals surface area contributed by atoms with Crippen LogP contribution in [0.15, 0.2) is 35.5 Å². The first-order chi connectivity index (χ1) is 9.59. The number of amides is 1. The number of aromatic nitrogens is 4. The second-order valence-electron chi connectivity index (χ2n) is 4.40. The Kier molecular flexibility index (Phi) is 2.70. The second kappa shape index (κ2) is 4.41. The van der Waals surface area contributed by atoms with Gasteiger partial charge in [-0.15, -0.1) is 0 Å². The molecule has 8 heteroatoms. The summed E-state index contributed by atoms with van der Waals surface area (Å²) in [6, 6.07) is 5.36. The molecule has 0 spiro atoms. The van der Waals surface area contributed by atoms with Gasteiger partial charge in [0.2, 0.25) is 11.9 Å². The Hall–Kier alpha value is -2.77. The maximum absolute atomic E-state index is 14.1. The molecule has 1 aliphatic heterocycles. The number of hydrogen-bond donors (Lipinski definition) is 2. The predicted octanol–water partition coefficient (Wildman–Crippen LogP) is 0.586. The molecule has 0 saturated heterocycles. The van der Waals surface area contributed by atoms with Gasteiger partial charge >= 0.3 is 0 Å². The fraction of sp³-hybridized carbons (Fsp3) is 0.167. The summed E-state index contributed by atoms with van der Waals surface area (Å²) in [4.78, 5) is 11.7. The molecule has 20 heavy (non-hydrogen) atoms. The van der Waals surface area contributed by atoms with Gasteiger partial charge in [-0.05, 0) is 23.4 Å². The molecular formula is C12H11FN6O. The molecule has 0 saturated carbocycles. The second-order valence-corrected chi connectivity index (χ2v) is 4.40. The summed E-state index contributed by atoms with van der Waals surface area (Å²) < 4.78 is 15.4. The molecule has 0 unspecified atom stereocenters. The minimum Gasteiger partial charge on any atom is -0.366 e. The van der Waals surface area contributed by atoms with E-state index in [0.29, 0.717) is 11.6 Å². The third-order valence-corrected chi connectivity index (χ3v) is 3.18. The van der Waals surface area contributed by atoms with Crippen LogP contribution in [0.3, 0.4) is 0 Å². The molecule has 3 rings (SSSR count). The number of carbonyl (C=O) groups is 1. The van der Waals surface area contributed by atoms with Crippen molar-refractivity contribution in [1.29, 1.82) is 0 Å². The summed E-state index contributed by atoms with van der Waals surface area (Å²) in [5.41, 5.74) is 6.45. The van der Waals surface area contributed by atoms with Crippen LogP contribution in [-0.2, 0) is 4.79 Å². The van der Waals surface area contributed by atoms with Crippen LogP contribution in [-0.4, -0.2) is 26.1 Å². The van der Waals surface area contributed by atoms with Crippen molar-refractivity contribution in [2.45, 2.75) is 13.0 Å². The molecule has 1 aromatic heterocycles. The molecule has 2 aromatic rings. The number of nitrogens with two attached hydrogens (primary N) is 1. The standard InChI is InChI=1S/C12H11FN6O/c1-6-9(11(14)20)10(7-4-2-3-5-8(7)13)19-12(15-6)16-17-18-19/h2-5,10H,1H3,(H2,14,20)(H,15,16,18)/t10-/m1/s1. The smallest absolute Gasteiger partial charge is 0.248 e. The average Bonchev–Trinajstić information content (AvgIpc) is 2.85. The monoisotopic (exact) mass is 274 g/mol. The van der Waals surface area contributed by atoms with Crippen molar-refractivity contribution < 1.29 is 9.18 Å². The van der Waals surface area contributed by atoms with Crippen molar-refractivity contribution in [1.82, 2.24) is 20.2 Å². The van der Waals surface area contributed by atoms with Crippen LogP contribution < -0.4 is 11.1 Å². The lowest BCUT2D eigenvalue weighted by Gasteiger charge is -2.26. The molecule has 1 aliphatic rings. The molecular weight excluding hydrogens is 263 g/mol. The van der Waals surface area contributed by atoms with Gasteiger partial charge in [-0.3, -0.25) is 4.79 Å². The Balaban J connectivity index is 2.25. The number of allylic oxidation sites excluding steroid dienone is 1. The Morgan fingerprint density at radius 3 is 2.90 bits per heavy atom. The number of tetrazole rings is 1. The first-order valence-electron chi connectivity index (χ1n) is 5.89. The Morgan fingerprint density at radius 1 is 1.45 bits per heavy atom. The first-order valence-corrected chi connectivity index (χ1v) is 5.89. The largest absolute Gasteiger partial charge is 0.366 e. The van der Waals surface area contributed by atoms with Crippen molar-refractivity contribution in [2.75, 3.05) is 5.32 Å². The molecule has 0 aliphatic carbocycles. The van der Waals surface area contributed by atoms with Gasteiger partial charge in [0, 0.05) is 11.3 Å². The quantitative estimate of drug-likeness (QED) is 0.835. The summed E-state index contributed by atoms with van der Waals surface area (Å²) >= 11 is 0. The SMILES string of the molecule is CC1=C(C(N)=O)[C@@H](c2ccccc2F)n2nnnc2N1. The Bertz CT molecular complexity index is 722. The van der Waals surface area contributed by atoms with Crippen LogP contribution in [0, 0.1) is 5.82 Å². The lowest BCUT2D eigenvalue weighted by Crippen LogP contribution is -2.32. The zero-order valence-corrected chi connectivity index (χ0v) is 10.5. The zero-order chi connectivity index (χ0) is 14.3. The normalized spacial score (nSPS) is 17.6. The molecule has 1 aromatic carbocycles. The number of fused-ring (bicyclic) bond motifs is 1. The van der Waals surface area contributed by atoms with Gasteiger partial charge in [0.1, 0.15) is 11.9 Å². The fourth-order valence-corrected chi connectivity index (χ4v) is 2.32. The number of nitrogens with zero attached hydrogens (tertiary/aromatic N) is 4. The highest BCUT2D eigenvalue weighted by atomic mass is 19.1. The van der Waals surface area contributed by atoms with Crippen molar-refractivity contribution in [3.8, 4) is 0 Å². The number of anilines is 1. The van der Waals surface area contributed by atoms with E-state index >= 15 is 0 Å². The van der Waals surface area contributed by atoms with Crippen LogP contribution in [0.25, 0.3) is 0 Å². The number of carbonyl (C=O) groups excluding carboxylic acids is 1. The third-order valence-electron chi connectivity index (χ3n) is 3.18. The summed E-state index contributed by atoms with van der Waals surface area (Å²) in [5.74, 6) is -0.766. The summed E-state index contributed by atoms with van der Waals surface area (Å²) in [6.07, 6.45) is 0. The first kappa shape index (κ1) is 12.3. The summed E-state index contributed by atoms with van der Waals surface area (Å²) in [5, 5.41) is 14.0. The lowest BCUT2D eigenvalue weighted by atomic mass is 9.95. The molecule has 7 nitrogen and oxygen atoms in total. The van der Waals surface area contributed by atoms with Gasteiger partial charge in [0.15, 0.2) is 0 Å². The minimum atomic E-state index is -0.778. The van der Waals surface area contributed by atoms with Gasteiger partial charge in [-0.1, -0.05) is 23.3 Å². The van der Waals surface area contributed by atoms with Gasteiger partial charge < -0.3 is 11.1 Å². The van der Waals surface area contributed by atoms with Crippen molar-refractivity contribution in [3.63, 3.8) is 0 Å². The fourth-order valence-electron chi connectivity index (χ4n) is 2.32. The van der Waals surface area contributed by atoms with Crippen LogP contribution >= 0.6 is 0 Å². The molecule has 3 N–H and O–H groups in total. The number of rotatable bonds is 2. The van der Waals surface area contributed by atoms with E-state index < -0.39 is 17.8 Å². The molecule has 0 fully saturated rings. The molecule has 1 amide bonds. The van der Waals surface area contributed by atoms with Crippen LogP contribution in [0.1, 0.15) is 18.5 Å². The Morgan fingerprint density at radius 2 is 2.20 bits per heavy atom. The van der Waals surface area contributed by atoms with Crippen molar-refractivity contribution in [3.05, 3.63) is 46.9 Å². The maximum Gasteiger partial charge on any atom is 0.248 e. The highest BCUT2D eigenvalue weighted by molar-refractivity contribution is 5.95. The number of benzene rings is 1. The zero-order valence-electron chi connectivity index (χ0n) is 10.5. The number of halogens is 1. The minimum absolute atomic E-state index is 0.231. The van der Waals surface area contributed by atoms with E-state index in [1.54, 1.807) is 25.1 Å². The van der Waals surface area contributed by atoms with Crippen molar-refractivity contribution in [2.24, 2.45) is 5.73 Å². The van der Waals surface area contributed by atoms with Crippen molar-refractivity contribution >= 4 is 11.9 Å². The molecule has 2 heterocycles. The summed E-state index contributed by atoms with van der Waals surface area (Å²) in [6.45, 7) is 1.67. The van der Waals surface area contributed by atoms with Crippen LogP contribution in [0.4, 0.5) is 10.3 Å². The van der Waals surface area contributed by atoms with Gasteiger partial charge in [-0.25, -0.2) is 4.39 Å². The van der Waals surface area contributed by atoms with E-state index in [4.69, 9.17) is 5.73 Å². The predicted molar refractivity (Wildman–Crippen MR) is 67.9 cm³/mol. The summed E-state index contributed by atoms with van der Waals surface area (Å²) in [7, 11) is 0. The number of hydrogen-bond acceptors (Lipinski definition) is 5. The van der Waals surface area contributed by atoms with Crippen LogP contribution in [0.2, 0.25) is 0 Å². The van der Waals surface area contributed by atoms with E-state index in [-0.39, 0.29) is 11.1 Å². The number of nitrogens with one attached hydrogen (secondary N) is 1. The topological polar surface area (TPSA) is 98.7 Å². The Labute approximate surface area is 113 Å². The highest BCUT2D eigenvalue weighted by Gasteiger charge is 2.34. The van der Waals surface area contributed by atoms with E-state index in [1.807, 2.05) is 0 Å². The molecule has 0 bridgehead atoms. The third kappa shape index (κ3) is 1.73. The molecule has 102 valence electrons. The molecule has 0 radical (unpaired) electrons. The van der Waals surface area contributed by atoms with E-state index in [9.17, 15) is 9.18 Å².